The molecule has 0 radical (unpaired) electrons. The van der Waals surface area contributed by atoms with E-state index in [0.717, 1.165) is 25.1 Å². The summed E-state index contributed by atoms with van der Waals surface area (Å²) in [4.78, 5) is 39.5. The van der Waals surface area contributed by atoms with E-state index < -0.39 is 0 Å². The molecule has 3 aromatic heterocycles. The number of aromatic amines is 1. The van der Waals surface area contributed by atoms with Crippen molar-refractivity contribution in [3.8, 4) is 0 Å². The lowest BCUT2D eigenvalue weighted by molar-refractivity contribution is 0.0507. The van der Waals surface area contributed by atoms with Crippen molar-refractivity contribution >= 4 is 27.5 Å². The zero-order valence-corrected chi connectivity index (χ0v) is 15.8. The fraction of sp³-hybridized carbons (Fsp3) is 0.368. The van der Waals surface area contributed by atoms with Gasteiger partial charge >= 0.3 is 0 Å². The molecule has 0 unspecified atom stereocenters. The Labute approximate surface area is 160 Å². The van der Waals surface area contributed by atoms with E-state index >= 15 is 0 Å². The van der Waals surface area contributed by atoms with E-state index in [1.54, 1.807) is 18.0 Å². The van der Waals surface area contributed by atoms with Gasteiger partial charge in [0.25, 0.3) is 11.5 Å². The lowest BCUT2D eigenvalue weighted by atomic mass is 10.1. The van der Waals surface area contributed by atoms with Gasteiger partial charge in [0.1, 0.15) is 4.83 Å². The van der Waals surface area contributed by atoms with Crippen LogP contribution < -0.4 is 5.56 Å². The van der Waals surface area contributed by atoms with E-state index in [1.165, 1.54) is 17.7 Å². The molecule has 3 aromatic rings. The number of rotatable bonds is 5. The first-order valence-electron chi connectivity index (χ1n) is 8.91. The number of nitrogens with one attached hydrogen (secondary N) is 1. The maximum Gasteiger partial charge on any atom is 0.264 e. The average molecular weight is 384 g/mol. The second-order valence-electron chi connectivity index (χ2n) is 6.61. The minimum Gasteiger partial charge on any atom is -0.376 e. The maximum absolute atomic E-state index is 13.4. The van der Waals surface area contributed by atoms with Gasteiger partial charge in [-0.1, -0.05) is 6.07 Å². The SMILES string of the molecule is Cc1c(C(=O)N(Cc2ccccn2)C[C@@H]2CCCO2)sc2nc[nH]c(=O)c12. The van der Waals surface area contributed by atoms with Crippen LogP contribution in [0.25, 0.3) is 10.2 Å². The number of thiophene rings is 1. The summed E-state index contributed by atoms with van der Waals surface area (Å²) in [6.07, 6.45) is 5.08. The highest BCUT2D eigenvalue weighted by Gasteiger charge is 2.27. The Bertz CT molecular complexity index is 1010. The number of fused-ring (bicyclic) bond motifs is 1. The summed E-state index contributed by atoms with van der Waals surface area (Å²) in [5.74, 6) is -0.115. The number of hydrogen-bond acceptors (Lipinski definition) is 6. The molecule has 1 amide bonds. The molecule has 4 rings (SSSR count). The van der Waals surface area contributed by atoms with E-state index in [1.807, 2.05) is 18.2 Å². The number of pyridine rings is 1. The second-order valence-corrected chi connectivity index (χ2v) is 7.61. The number of nitrogens with zero attached hydrogens (tertiary/aromatic N) is 3. The first kappa shape index (κ1) is 17.8. The van der Waals surface area contributed by atoms with Crippen LogP contribution in [-0.2, 0) is 11.3 Å². The number of amides is 1. The topological polar surface area (TPSA) is 88.2 Å². The minimum atomic E-state index is -0.219. The molecule has 1 fully saturated rings. The van der Waals surface area contributed by atoms with Crippen LogP contribution in [0.3, 0.4) is 0 Å². The molecule has 0 aliphatic carbocycles. The predicted octanol–water partition coefficient (Wildman–Crippen LogP) is 2.51. The second kappa shape index (κ2) is 7.58. The van der Waals surface area contributed by atoms with E-state index in [-0.39, 0.29) is 17.6 Å². The van der Waals surface area contributed by atoms with Crippen molar-refractivity contribution in [2.24, 2.45) is 0 Å². The predicted molar refractivity (Wildman–Crippen MR) is 103 cm³/mol. The normalized spacial score (nSPS) is 16.7. The average Bonchev–Trinajstić information content (AvgIpc) is 3.30. The highest BCUT2D eigenvalue weighted by molar-refractivity contribution is 7.20. The van der Waals surface area contributed by atoms with Crippen molar-refractivity contribution in [2.75, 3.05) is 13.2 Å². The van der Waals surface area contributed by atoms with Gasteiger partial charge in [0, 0.05) is 19.3 Å². The fourth-order valence-corrected chi connectivity index (χ4v) is 4.48. The van der Waals surface area contributed by atoms with Crippen molar-refractivity contribution in [2.45, 2.75) is 32.4 Å². The molecule has 1 N–H and O–H groups in total. The standard InChI is InChI=1S/C19H20N4O3S/c1-12-15-17(24)21-11-22-18(15)27-16(12)19(25)23(10-14-6-4-8-26-14)9-13-5-2-3-7-20-13/h2-3,5,7,11,14H,4,6,8-10H2,1H3,(H,21,22,24)/t14-/m0/s1. The Morgan fingerprint density at radius 2 is 2.30 bits per heavy atom. The molecular formula is C19H20N4O3S. The lowest BCUT2D eigenvalue weighted by Crippen LogP contribution is -2.37. The molecule has 0 bridgehead atoms. The van der Waals surface area contributed by atoms with E-state index in [4.69, 9.17) is 4.74 Å². The summed E-state index contributed by atoms with van der Waals surface area (Å²) in [5.41, 5.74) is 1.27. The summed E-state index contributed by atoms with van der Waals surface area (Å²) in [7, 11) is 0. The van der Waals surface area contributed by atoms with Crippen LogP contribution in [0, 0.1) is 6.92 Å². The molecule has 1 saturated heterocycles. The minimum absolute atomic E-state index is 0.0360. The third-order valence-electron chi connectivity index (χ3n) is 4.74. The number of carbonyl (C=O) groups excluding carboxylic acids is 1. The molecule has 1 aliphatic rings. The van der Waals surface area contributed by atoms with Gasteiger partial charge in [0.15, 0.2) is 0 Å². The van der Waals surface area contributed by atoms with Crippen LogP contribution in [0.5, 0.6) is 0 Å². The third kappa shape index (κ3) is 3.63. The van der Waals surface area contributed by atoms with Crippen LogP contribution in [0.2, 0.25) is 0 Å². The van der Waals surface area contributed by atoms with Gasteiger partial charge in [-0.2, -0.15) is 0 Å². The molecular weight excluding hydrogens is 364 g/mol. The van der Waals surface area contributed by atoms with Crippen molar-refractivity contribution in [1.82, 2.24) is 19.9 Å². The smallest absolute Gasteiger partial charge is 0.264 e. The molecule has 0 saturated carbocycles. The third-order valence-corrected chi connectivity index (χ3v) is 5.93. The van der Waals surface area contributed by atoms with Crippen LogP contribution in [0.15, 0.2) is 35.5 Å². The molecule has 0 aromatic carbocycles. The van der Waals surface area contributed by atoms with Crippen LogP contribution in [-0.4, -0.2) is 45.0 Å². The van der Waals surface area contributed by atoms with E-state index in [9.17, 15) is 9.59 Å². The Morgan fingerprint density at radius 3 is 3.00 bits per heavy atom. The molecule has 8 heteroatoms. The highest BCUT2D eigenvalue weighted by atomic mass is 32.1. The van der Waals surface area contributed by atoms with Crippen molar-refractivity contribution in [3.63, 3.8) is 0 Å². The monoisotopic (exact) mass is 384 g/mol. The van der Waals surface area contributed by atoms with Gasteiger partial charge in [0.2, 0.25) is 0 Å². The number of aromatic nitrogens is 3. The Hall–Kier alpha value is -2.58. The molecule has 27 heavy (non-hydrogen) atoms. The number of hydrogen-bond donors (Lipinski definition) is 1. The Balaban J connectivity index is 1.68. The highest BCUT2D eigenvalue weighted by Crippen LogP contribution is 2.28. The lowest BCUT2D eigenvalue weighted by Gasteiger charge is -2.25. The van der Waals surface area contributed by atoms with E-state index in [0.29, 0.717) is 33.7 Å². The number of ether oxygens (including phenoxy) is 1. The van der Waals surface area contributed by atoms with Gasteiger partial charge in [-0.05, 0) is 37.5 Å². The maximum atomic E-state index is 13.4. The Morgan fingerprint density at radius 1 is 1.41 bits per heavy atom. The van der Waals surface area contributed by atoms with Crippen molar-refractivity contribution in [3.05, 3.63) is 57.2 Å². The summed E-state index contributed by atoms with van der Waals surface area (Å²) in [6.45, 7) is 3.44. The van der Waals surface area contributed by atoms with Gasteiger partial charge < -0.3 is 14.6 Å². The number of H-pyrrole nitrogens is 1. The van der Waals surface area contributed by atoms with Crippen molar-refractivity contribution < 1.29 is 9.53 Å². The molecule has 0 spiro atoms. The zero-order valence-electron chi connectivity index (χ0n) is 15.0. The van der Waals surface area contributed by atoms with Gasteiger partial charge in [-0.3, -0.25) is 14.6 Å². The van der Waals surface area contributed by atoms with E-state index in [2.05, 4.69) is 15.0 Å². The van der Waals surface area contributed by atoms with Gasteiger partial charge in [0.05, 0.1) is 34.9 Å². The van der Waals surface area contributed by atoms with Crippen molar-refractivity contribution in [1.29, 1.82) is 0 Å². The Kier molecular flexibility index (Phi) is 5.00. The van der Waals surface area contributed by atoms with Gasteiger partial charge in [-0.25, -0.2) is 4.98 Å². The first-order valence-corrected chi connectivity index (χ1v) is 9.72. The molecule has 1 aliphatic heterocycles. The molecule has 1 atom stereocenters. The molecule has 7 nitrogen and oxygen atoms in total. The first-order chi connectivity index (χ1) is 13.1. The number of carbonyl (C=O) groups is 1. The van der Waals surface area contributed by atoms with Gasteiger partial charge in [-0.15, -0.1) is 11.3 Å². The molecule has 4 heterocycles. The summed E-state index contributed by atoms with van der Waals surface area (Å²) in [6, 6.07) is 5.66. The number of aryl methyl sites for hydroxylation is 1. The van der Waals surface area contributed by atoms with Crippen LogP contribution in [0.4, 0.5) is 0 Å². The summed E-state index contributed by atoms with van der Waals surface area (Å²) >= 11 is 1.26. The van der Waals surface area contributed by atoms with Crippen LogP contribution in [0.1, 0.15) is 33.8 Å². The quantitative estimate of drug-likeness (QED) is 0.730. The fourth-order valence-electron chi connectivity index (χ4n) is 3.37. The van der Waals surface area contributed by atoms with Crippen LogP contribution >= 0.6 is 11.3 Å². The zero-order chi connectivity index (χ0) is 18.8. The largest absolute Gasteiger partial charge is 0.376 e. The summed E-state index contributed by atoms with van der Waals surface area (Å²) < 4.78 is 5.74. The molecule has 140 valence electrons. The summed E-state index contributed by atoms with van der Waals surface area (Å²) in [5, 5.41) is 0.487.